The first kappa shape index (κ1) is 14.1. The van der Waals surface area contributed by atoms with Crippen LogP contribution in [0.4, 0.5) is 0 Å². The Hall–Kier alpha value is -1.83. The van der Waals surface area contributed by atoms with Gasteiger partial charge in [0.15, 0.2) is 0 Å². The van der Waals surface area contributed by atoms with Crippen LogP contribution in [0.15, 0.2) is 39.6 Å². The third-order valence-electron chi connectivity index (χ3n) is 3.37. The summed E-state index contributed by atoms with van der Waals surface area (Å²) in [5.41, 5.74) is 0.810. The highest BCUT2D eigenvalue weighted by molar-refractivity contribution is 7.89. The largest absolute Gasteiger partial charge is 0.491 e. The fourth-order valence-corrected chi connectivity index (χ4v) is 3.78. The highest BCUT2D eigenvalue weighted by Gasteiger charge is 2.30. The molecule has 0 saturated carbocycles. The van der Waals surface area contributed by atoms with Crippen LogP contribution < -0.4 is 9.46 Å². The minimum absolute atomic E-state index is 0.0379. The number of para-hydroxylation sites is 1. The number of hydrogen-bond donors (Lipinski definition) is 2. The molecule has 0 saturated heterocycles. The van der Waals surface area contributed by atoms with Crippen molar-refractivity contribution in [2.24, 2.45) is 0 Å². The molecule has 112 valence electrons. The number of nitrogens with one attached hydrogen (secondary N) is 1. The number of sulfonamides is 1. The molecule has 6 nitrogen and oxygen atoms in total. The minimum Gasteiger partial charge on any atom is -0.491 e. The molecule has 2 N–H and O–H groups in total. The summed E-state index contributed by atoms with van der Waals surface area (Å²) in [6.45, 7) is 1.46. The topological polar surface area (TPSA) is 88.8 Å². The molecular weight excluding hydrogens is 294 g/mol. The van der Waals surface area contributed by atoms with Gasteiger partial charge in [0.1, 0.15) is 35.4 Å². The summed E-state index contributed by atoms with van der Waals surface area (Å²) in [6, 6.07) is 8.20. The van der Waals surface area contributed by atoms with E-state index in [1.165, 1.54) is 6.07 Å². The number of furan rings is 1. The van der Waals surface area contributed by atoms with Gasteiger partial charge >= 0.3 is 0 Å². The lowest BCUT2D eigenvalue weighted by molar-refractivity contribution is 0.244. The Kier molecular flexibility index (Phi) is 3.48. The first-order valence-corrected chi connectivity index (χ1v) is 7.94. The summed E-state index contributed by atoms with van der Waals surface area (Å²) in [5, 5.41) is 9.03. The van der Waals surface area contributed by atoms with E-state index in [4.69, 9.17) is 14.3 Å². The van der Waals surface area contributed by atoms with Crippen molar-refractivity contribution in [2.75, 3.05) is 6.61 Å². The number of aliphatic hydroxyl groups excluding tert-OH is 1. The van der Waals surface area contributed by atoms with Crippen LogP contribution >= 0.6 is 0 Å². The second-order valence-electron chi connectivity index (χ2n) is 4.81. The number of aliphatic hydroxyl groups is 1. The standard InChI is InChI=1S/C14H15NO5S/c1-9-14(6-10(7-16)20-9)21(17,18)15-12-8-19-13-5-3-2-4-11(12)13/h2-6,12,15-16H,7-8H2,1H3. The first-order chi connectivity index (χ1) is 10.0. The van der Waals surface area contributed by atoms with E-state index in [0.717, 1.165) is 5.56 Å². The molecule has 1 aromatic heterocycles. The zero-order valence-corrected chi connectivity index (χ0v) is 12.2. The maximum Gasteiger partial charge on any atom is 0.244 e. The molecular formula is C14H15NO5S. The van der Waals surface area contributed by atoms with E-state index in [1.54, 1.807) is 13.0 Å². The number of ether oxygens (including phenoxy) is 1. The number of hydrogen-bond acceptors (Lipinski definition) is 5. The SMILES string of the molecule is Cc1oc(CO)cc1S(=O)(=O)NC1COc2ccccc21. The van der Waals surface area contributed by atoms with Gasteiger partial charge in [0, 0.05) is 11.6 Å². The molecule has 0 radical (unpaired) electrons. The van der Waals surface area contributed by atoms with Crippen molar-refractivity contribution in [3.05, 3.63) is 47.4 Å². The van der Waals surface area contributed by atoms with Crippen LogP contribution in [0, 0.1) is 6.92 Å². The maximum atomic E-state index is 12.4. The van der Waals surface area contributed by atoms with Gasteiger partial charge in [-0.3, -0.25) is 0 Å². The lowest BCUT2D eigenvalue weighted by atomic mass is 10.1. The van der Waals surface area contributed by atoms with E-state index in [1.807, 2.05) is 18.2 Å². The molecule has 21 heavy (non-hydrogen) atoms. The average molecular weight is 309 g/mol. The van der Waals surface area contributed by atoms with Gasteiger partial charge in [-0.2, -0.15) is 4.72 Å². The minimum atomic E-state index is -3.74. The molecule has 2 heterocycles. The summed E-state index contributed by atoms with van der Waals surface area (Å²) in [6.07, 6.45) is 0. The summed E-state index contributed by atoms with van der Waals surface area (Å²) >= 11 is 0. The zero-order chi connectivity index (χ0) is 15.0. The number of rotatable bonds is 4. The summed E-state index contributed by atoms with van der Waals surface area (Å²) in [7, 11) is -3.74. The van der Waals surface area contributed by atoms with Crippen molar-refractivity contribution in [3.63, 3.8) is 0 Å². The van der Waals surface area contributed by atoms with Crippen LogP contribution in [0.3, 0.4) is 0 Å². The second-order valence-corrected chi connectivity index (χ2v) is 6.50. The van der Waals surface area contributed by atoms with Gasteiger partial charge in [-0.1, -0.05) is 18.2 Å². The molecule has 1 unspecified atom stereocenters. The molecule has 0 aliphatic carbocycles. The average Bonchev–Trinajstić information content (AvgIpc) is 3.03. The Balaban J connectivity index is 1.89. The van der Waals surface area contributed by atoms with E-state index in [-0.39, 0.29) is 29.6 Å². The molecule has 0 fully saturated rings. The van der Waals surface area contributed by atoms with Gasteiger partial charge in [0.25, 0.3) is 0 Å². The highest BCUT2D eigenvalue weighted by Crippen LogP contribution is 2.33. The number of aryl methyl sites for hydroxylation is 1. The molecule has 3 rings (SSSR count). The van der Waals surface area contributed by atoms with Crippen molar-refractivity contribution in [3.8, 4) is 5.75 Å². The molecule has 1 atom stereocenters. The zero-order valence-electron chi connectivity index (χ0n) is 11.4. The molecule has 0 amide bonds. The van der Waals surface area contributed by atoms with E-state index in [9.17, 15) is 8.42 Å². The van der Waals surface area contributed by atoms with E-state index in [2.05, 4.69) is 4.72 Å². The molecule has 7 heteroatoms. The van der Waals surface area contributed by atoms with E-state index < -0.39 is 16.1 Å². The van der Waals surface area contributed by atoms with Crippen LogP contribution in [-0.2, 0) is 16.6 Å². The van der Waals surface area contributed by atoms with Gasteiger partial charge in [0.2, 0.25) is 10.0 Å². The fourth-order valence-electron chi connectivity index (χ4n) is 2.38. The van der Waals surface area contributed by atoms with Crippen molar-refractivity contribution >= 4 is 10.0 Å². The van der Waals surface area contributed by atoms with E-state index >= 15 is 0 Å². The maximum absolute atomic E-state index is 12.4. The number of benzene rings is 1. The van der Waals surface area contributed by atoms with Gasteiger partial charge in [-0.25, -0.2) is 8.42 Å². The predicted molar refractivity (Wildman–Crippen MR) is 74.4 cm³/mol. The Labute approximate surface area is 122 Å². The molecule has 1 aromatic carbocycles. The lowest BCUT2D eigenvalue weighted by Crippen LogP contribution is -2.29. The predicted octanol–water partition coefficient (Wildman–Crippen LogP) is 1.49. The molecule has 1 aliphatic heterocycles. The molecule has 2 aromatic rings. The van der Waals surface area contributed by atoms with Crippen LogP contribution in [0.5, 0.6) is 5.75 Å². The molecule has 0 bridgehead atoms. The van der Waals surface area contributed by atoms with Crippen LogP contribution in [0.25, 0.3) is 0 Å². The van der Waals surface area contributed by atoms with Crippen molar-refractivity contribution in [1.82, 2.24) is 4.72 Å². The molecule has 1 aliphatic rings. The van der Waals surface area contributed by atoms with Crippen molar-refractivity contribution in [1.29, 1.82) is 0 Å². The van der Waals surface area contributed by atoms with Gasteiger partial charge < -0.3 is 14.3 Å². The summed E-state index contributed by atoms with van der Waals surface area (Å²) in [4.78, 5) is 0.0379. The van der Waals surface area contributed by atoms with Gasteiger partial charge in [0.05, 0.1) is 6.04 Å². The van der Waals surface area contributed by atoms with Gasteiger partial charge in [-0.05, 0) is 13.0 Å². The van der Waals surface area contributed by atoms with Gasteiger partial charge in [-0.15, -0.1) is 0 Å². The third-order valence-corrected chi connectivity index (χ3v) is 4.95. The fraction of sp³-hybridized carbons (Fsp3) is 0.286. The first-order valence-electron chi connectivity index (χ1n) is 6.45. The Bertz CT molecular complexity index is 765. The Morgan fingerprint density at radius 1 is 1.38 bits per heavy atom. The normalized spacial score (nSPS) is 17.5. The number of fused-ring (bicyclic) bond motifs is 1. The van der Waals surface area contributed by atoms with Crippen molar-refractivity contribution < 1.29 is 22.7 Å². The van der Waals surface area contributed by atoms with Crippen LogP contribution in [-0.4, -0.2) is 20.1 Å². The molecule has 0 spiro atoms. The monoisotopic (exact) mass is 309 g/mol. The Morgan fingerprint density at radius 2 is 2.14 bits per heavy atom. The quantitative estimate of drug-likeness (QED) is 0.893. The second kappa shape index (κ2) is 5.18. The van der Waals surface area contributed by atoms with E-state index in [0.29, 0.717) is 5.75 Å². The van der Waals surface area contributed by atoms with Crippen LogP contribution in [0.2, 0.25) is 0 Å². The van der Waals surface area contributed by atoms with Crippen molar-refractivity contribution in [2.45, 2.75) is 24.5 Å². The summed E-state index contributed by atoms with van der Waals surface area (Å²) in [5.74, 6) is 1.15. The van der Waals surface area contributed by atoms with Crippen LogP contribution in [0.1, 0.15) is 23.1 Å². The smallest absolute Gasteiger partial charge is 0.244 e. The highest BCUT2D eigenvalue weighted by atomic mass is 32.2. The lowest BCUT2D eigenvalue weighted by Gasteiger charge is -2.11. The Morgan fingerprint density at radius 3 is 2.86 bits per heavy atom. The third kappa shape index (κ3) is 2.55. The summed E-state index contributed by atoms with van der Waals surface area (Å²) < 4.78 is 38.1.